The van der Waals surface area contributed by atoms with Crippen LogP contribution in [0.15, 0.2) is 29.2 Å². The third kappa shape index (κ3) is 3.19. The summed E-state index contributed by atoms with van der Waals surface area (Å²) in [6.45, 7) is 0. The Morgan fingerprint density at radius 2 is 1.88 bits per heavy atom. The molecule has 0 amide bonds. The number of sulfone groups is 1. The Balaban J connectivity index is 0.00000225. The number of aliphatic carboxylic acids is 1. The van der Waals surface area contributed by atoms with Gasteiger partial charge in [0.1, 0.15) is 6.04 Å². The Hall–Kier alpha value is -1.11. The number of benzene rings is 1. The molecule has 3 N–H and O–H groups in total. The van der Waals surface area contributed by atoms with E-state index in [1.54, 1.807) is 6.07 Å². The molecule has 0 heterocycles. The van der Waals surface area contributed by atoms with E-state index in [2.05, 4.69) is 0 Å². The zero-order valence-corrected chi connectivity index (χ0v) is 10.1. The lowest BCUT2D eigenvalue weighted by atomic mass is 10.1. The van der Waals surface area contributed by atoms with Crippen LogP contribution in [0, 0.1) is 0 Å². The smallest absolute Gasteiger partial charge is 0.325 e. The lowest BCUT2D eigenvalue weighted by molar-refractivity contribution is -0.138. The lowest BCUT2D eigenvalue weighted by Gasteiger charge is -2.10. The van der Waals surface area contributed by atoms with Gasteiger partial charge < -0.3 is 10.8 Å². The van der Waals surface area contributed by atoms with E-state index in [4.69, 9.17) is 10.8 Å². The molecule has 0 radical (unpaired) electrons. The van der Waals surface area contributed by atoms with Crippen molar-refractivity contribution in [3.05, 3.63) is 29.8 Å². The quantitative estimate of drug-likeness (QED) is 0.834. The molecule has 1 rings (SSSR count). The molecule has 0 aliphatic carbocycles. The summed E-state index contributed by atoms with van der Waals surface area (Å²) < 4.78 is 22.7. The van der Waals surface area contributed by atoms with Gasteiger partial charge >= 0.3 is 5.97 Å². The molecule has 0 bridgehead atoms. The number of nitrogens with two attached hydrogens (primary N) is 1. The van der Waals surface area contributed by atoms with Crippen molar-refractivity contribution >= 4 is 28.2 Å². The topological polar surface area (TPSA) is 97.5 Å². The van der Waals surface area contributed by atoms with Crippen LogP contribution in [0.1, 0.15) is 11.6 Å². The summed E-state index contributed by atoms with van der Waals surface area (Å²) in [5.74, 6) is -1.26. The molecule has 7 heteroatoms. The van der Waals surface area contributed by atoms with Crippen LogP contribution in [0.4, 0.5) is 0 Å². The largest absolute Gasteiger partial charge is 0.480 e. The van der Waals surface area contributed by atoms with E-state index in [0.717, 1.165) is 6.26 Å². The minimum atomic E-state index is -3.46. The zero-order chi connectivity index (χ0) is 11.6. The van der Waals surface area contributed by atoms with Crippen molar-refractivity contribution in [2.75, 3.05) is 6.26 Å². The standard InChI is InChI=1S/C9H11NO4S.ClH/c1-15(13,14)7-5-3-2-4-6(7)8(10)9(11)12;/h2-5,8H,10H2,1H3,(H,11,12);1H. The summed E-state index contributed by atoms with van der Waals surface area (Å²) in [4.78, 5) is 10.6. The van der Waals surface area contributed by atoms with Gasteiger partial charge in [-0.1, -0.05) is 18.2 Å². The number of carboxylic acids is 1. The summed E-state index contributed by atoms with van der Waals surface area (Å²) in [5.41, 5.74) is 5.48. The lowest BCUT2D eigenvalue weighted by Crippen LogP contribution is -2.22. The summed E-state index contributed by atoms with van der Waals surface area (Å²) >= 11 is 0. The second kappa shape index (κ2) is 5.29. The highest BCUT2D eigenvalue weighted by Crippen LogP contribution is 2.20. The van der Waals surface area contributed by atoms with Gasteiger partial charge in [0.25, 0.3) is 0 Å². The first kappa shape index (κ1) is 14.9. The van der Waals surface area contributed by atoms with Crippen molar-refractivity contribution < 1.29 is 18.3 Å². The summed E-state index contributed by atoms with van der Waals surface area (Å²) in [6.07, 6.45) is 1.01. The summed E-state index contributed by atoms with van der Waals surface area (Å²) in [6, 6.07) is 4.49. The fraction of sp³-hybridized carbons (Fsp3) is 0.222. The maximum absolute atomic E-state index is 11.3. The molecule has 0 saturated carbocycles. The molecule has 0 aromatic heterocycles. The van der Waals surface area contributed by atoms with Gasteiger partial charge in [-0.2, -0.15) is 0 Å². The first-order valence-electron chi connectivity index (χ1n) is 4.11. The number of hydrogen-bond donors (Lipinski definition) is 2. The van der Waals surface area contributed by atoms with E-state index in [9.17, 15) is 13.2 Å². The van der Waals surface area contributed by atoms with Gasteiger partial charge in [0.15, 0.2) is 9.84 Å². The Morgan fingerprint density at radius 3 is 2.31 bits per heavy atom. The minimum absolute atomic E-state index is 0. The highest BCUT2D eigenvalue weighted by molar-refractivity contribution is 7.90. The van der Waals surface area contributed by atoms with Crippen LogP contribution in [0.3, 0.4) is 0 Å². The molecule has 0 fully saturated rings. The predicted molar refractivity (Wildman–Crippen MR) is 61.4 cm³/mol. The van der Waals surface area contributed by atoms with E-state index < -0.39 is 21.8 Å². The van der Waals surface area contributed by atoms with Crippen LogP contribution < -0.4 is 5.73 Å². The van der Waals surface area contributed by atoms with Gasteiger partial charge in [0, 0.05) is 6.26 Å². The van der Waals surface area contributed by atoms with E-state index in [-0.39, 0.29) is 22.9 Å². The third-order valence-electron chi connectivity index (χ3n) is 1.92. The first-order chi connectivity index (χ1) is 6.84. The van der Waals surface area contributed by atoms with Gasteiger partial charge in [-0.3, -0.25) is 4.79 Å². The average molecular weight is 266 g/mol. The Bertz CT molecular complexity index is 486. The van der Waals surface area contributed by atoms with E-state index in [1.165, 1.54) is 18.2 Å². The molecular weight excluding hydrogens is 254 g/mol. The minimum Gasteiger partial charge on any atom is -0.480 e. The fourth-order valence-corrected chi connectivity index (χ4v) is 2.16. The maximum atomic E-state index is 11.3. The number of carbonyl (C=O) groups is 1. The van der Waals surface area contributed by atoms with Crippen LogP contribution in [0.25, 0.3) is 0 Å². The monoisotopic (exact) mass is 265 g/mol. The van der Waals surface area contributed by atoms with Crippen LogP contribution in [0.5, 0.6) is 0 Å². The van der Waals surface area contributed by atoms with Gasteiger partial charge in [0.2, 0.25) is 0 Å². The van der Waals surface area contributed by atoms with E-state index >= 15 is 0 Å². The number of rotatable bonds is 3. The summed E-state index contributed by atoms with van der Waals surface area (Å²) in [7, 11) is -3.46. The molecule has 0 spiro atoms. The van der Waals surface area contributed by atoms with Crippen LogP contribution in [-0.4, -0.2) is 25.7 Å². The number of carboxylic acid groups (broad SMARTS) is 1. The Kier molecular flexibility index (Phi) is 4.92. The first-order valence-corrected chi connectivity index (χ1v) is 6.00. The summed E-state index contributed by atoms with van der Waals surface area (Å²) in [5, 5.41) is 8.71. The molecule has 0 aliphatic heterocycles. The van der Waals surface area contributed by atoms with E-state index in [0.29, 0.717) is 0 Å². The Morgan fingerprint density at radius 1 is 1.38 bits per heavy atom. The van der Waals surface area contributed by atoms with Crippen molar-refractivity contribution in [3.63, 3.8) is 0 Å². The molecule has 1 aromatic rings. The molecule has 90 valence electrons. The van der Waals surface area contributed by atoms with Crippen molar-refractivity contribution in [2.24, 2.45) is 5.73 Å². The van der Waals surface area contributed by atoms with Crippen molar-refractivity contribution in [2.45, 2.75) is 10.9 Å². The number of hydrogen-bond acceptors (Lipinski definition) is 4. The fourth-order valence-electron chi connectivity index (χ4n) is 1.21. The third-order valence-corrected chi connectivity index (χ3v) is 3.09. The van der Waals surface area contributed by atoms with Gasteiger partial charge in [-0.05, 0) is 11.6 Å². The molecule has 0 aliphatic rings. The zero-order valence-electron chi connectivity index (χ0n) is 8.45. The molecule has 0 saturated heterocycles. The molecule has 1 atom stereocenters. The highest BCUT2D eigenvalue weighted by Gasteiger charge is 2.21. The average Bonchev–Trinajstić information content (AvgIpc) is 2.15. The van der Waals surface area contributed by atoms with Crippen LogP contribution in [0.2, 0.25) is 0 Å². The molecular formula is C9H12ClNO4S. The second-order valence-electron chi connectivity index (χ2n) is 3.13. The van der Waals surface area contributed by atoms with Crippen molar-refractivity contribution in [3.8, 4) is 0 Å². The number of halogens is 1. The molecule has 1 unspecified atom stereocenters. The molecule has 1 aromatic carbocycles. The predicted octanol–water partition coefficient (Wildman–Crippen LogP) is 0.596. The Labute approximate surface area is 99.6 Å². The van der Waals surface area contributed by atoms with Crippen LogP contribution in [-0.2, 0) is 14.6 Å². The molecule has 16 heavy (non-hydrogen) atoms. The van der Waals surface area contributed by atoms with Crippen molar-refractivity contribution in [1.82, 2.24) is 0 Å². The van der Waals surface area contributed by atoms with Crippen LogP contribution >= 0.6 is 12.4 Å². The normalized spacial score (nSPS) is 12.6. The molecule has 5 nitrogen and oxygen atoms in total. The SMILES string of the molecule is CS(=O)(=O)c1ccccc1C(N)C(=O)O.Cl. The highest BCUT2D eigenvalue weighted by atomic mass is 35.5. The van der Waals surface area contributed by atoms with Gasteiger partial charge in [-0.15, -0.1) is 12.4 Å². The second-order valence-corrected chi connectivity index (χ2v) is 5.11. The van der Waals surface area contributed by atoms with E-state index in [1.807, 2.05) is 0 Å². The van der Waals surface area contributed by atoms with Gasteiger partial charge in [0.05, 0.1) is 4.90 Å². The maximum Gasteiger partial charge on any atom is 0.325 e. The van der Waals surface area contributed by atoms with Gasteiger partial charge in [-0.25, -0.2) is 8.42 Å². The van der Waals surface area contributed by atoms with Crippen molar-refractivity contribution in [1.29, 1.82) is 0 Å².